The predicted molar refractivity (Wildman–Crippen MR) is 138 cm³/mol. The van der Waals surface area contributed by atoms with Crippen LogP contribution in [0.25, 0.3) is 6.08 Å². The number of anilines is 1. The molecule has 0 bridgehead atoms. The maximum absolute atomic E-state index is 13.5. The fraction of sp³-hybridized carbons (Fsp3) is 0.138. The summed E-state index contributed by atoms with van der Waals surface area (Å²) in [6.07, 6.45) is 3.55. The number of ether oxygens (including phenoxy) is 3. The smallest absolute Gasteiger partial charge is 0.337 e. The number of methoxy groups -OCH3 is 2. The second-order valence-corrected chi connectivity index (χ2v) is 7.82. The molecule has 1 N–H and O–H groups in total. The van der Waals surface area contributed by atoms with Crippen molar-refractivity contribution in [2.75, 3.05) is 19.5 Å². The zero-order chi connectivity index (χ0) is 26.8. The zero-order valence-electron chi connectivity index (χ0n) is 20.4. The number of halogens is 1. The molecule has 188 valence electrons. The largest absolute Gasteiger partial charge is 0.493 e. The molecule has 0 fully saturated rings. The van der Waals surface area contributed by atoms with Crippen molar-refractivity contribution >= 4 is 23.6 Å². The molecule has 0 unspecified atom stereocenters. The number of carbonyl (C=O) groups excluding carboxylic acids is 2. The lowest BCUT2D eigenvalue weighted by Gasteiger charge is -2.16. The molecule has 3 aromatic carbocycles. The number of rotatable bonds is 10. The SMILES string of the molecule is C=CCc1cc(/C=C(\C#N)C(=O)Nc2ccc(C(=O)OC)cc2)cc(OC)c1OCc1cccc(F)c1. The Morgan fingerprint density at radius 2 is 1.86 bits per heavy atom. The number of carbonyl (C=O) groups is 2. The van der Waals surface area contributed by atoms with Crippen molar-refractivity contribution in [3.05, 3.63) is 107 Å². The number of nitrogens with one attached hydrogen (secondary N) is 1. The number of amides is 1. The van der Waals surface area contributed by atoms with Crippen molar-refractivity contribution in [1.29, 1.82) is 5.26 Å². The number of benzene rings is 3. The van der Waals surface area contributed by atoms with E-state index in [2.05, 4.69) is 16.6 Å². The summed E-state index contributed by atoms with van der Waals surface area (Å²) in [5.74, 6) is -0.635. The Balaban J connectivity index is 1.86. The van der Waals surface area contributed by atoms with Crippen molar-refractivity contribution in [3.63, 3.8) is 0 Å². The third kappa shape index (κ3) is 7.05. The first-order valence-electron chi connectivity index (χ1n) is 11.2. The highest BCUT2D eigenvalue weighted by Crippen LogP contribution is 2.35. The highest BCUT2D eigenvalue weighted by Gasteiger charge is 2.15. The summed E-state index contributed by atoms with van der Waals surface area (Å²) >= 11 is 0. The zero-order valence-corrected chi connectivity index (χ0v) is 20.4. The van der Waals surface area contributed by atoms with Gasteiger partial charge in [-0.15, -0.1) is 6.58 Å². The quantitative estimate of drug-likeness (QED) is 0.172. The maximum Gasteiger partial charge on any atom is 0.337 e. The molecule has 0 spiro atoms. The topological polar surface area (TPSA) is 97.7 Å². The van der Waals surface area contributed by atoms with E-state index in [1.54, 1.807) is 30.3 Å². The minimum atomic E-state index is -0.621. The summed E-state index contributed by atoms with van der Waals surface area (Å²) in [4.78, 5) is 24.3. The van der Waals surface area contributed by atoms with E-state index in [9.17, 15) is 19.2 Å². The van der Waals surface area contributed by atoms with Gasteiger partial charge in [-0.3, -0.25) is 4.79 Å². The normalized spacial score (nSPS) is 10.7. The molecule has 3 aromatic rings. The van der Waals surface area contributed by atoms with Crippen LogP contribution in [0, 0.1) is 17.1 Å². The predicted octanol–water partition coefficient (Wildman–Crippen LogP) is 5.47. The average molecular weight is 501 g/mol. The third-order valence-electron chi connectivity index (χ3n) is 5.25. The lowest BCUT2D eigenvalue weighted by molar-refractivity contribution is -0.112. The van der Waals surface area contributed by atoms with E-state index in [0.717, 1.165) is 0 Å². The van der Waals surface area contributed by atoms with Crippen molar-refractivity contribution in [2.45, 2.75) is 13.0 Å². The van der Waals surface area contributed by atoms with Crippen LogP contribution in [0.15, 0.2) is 78.9 Å². The van der Waals surface area contributed by atoms with Gasteiger partial charge < -0.3 is 19.5 Å². The Labute approximate surface area is 214 Å². The lowest BCUT2D eigenvalue weighted by Crippen LogP contribution is -2.13. The summed E-state index contributed by atoms with van der Waals surface area (Å²) in [5.41, 5.74) is 2.51. The molecule has 0 aromatic heterocycles. The van der Waals surface area contributed by atoms with Gasteiger partial charge in [0.15, 0.2) is 11.5 Å². The molecular weight excluding hydrogens is 475 g/mol. The molecular formula is C29H25FN2O5. The van der Waals surface area contributed by atoms with Crippen LogP contribution in [0.4, 0.5) is 10.1 Å². The number of esters is 1. The van der Waals surface area contributed by atoms with E-state index >= 15 is 0 Å². The van der Waals surface area contributed by atoms with Crippen LogP contribution in [0.2, 0.25) is 0 Å². The minimum Gasteiger partial charge on any atom is -0.493 e. The third-order valence-corrected chi connectivity index (χ3v) is 5.25. The van der Waals surface area contributed by atoms with Crippen LogP contribution in [-0.2, 0) is 22.6 Å². The standard InChI is InChI=1S/C29H25FN2O5/c1-4-6-22-13-20(16-26(35-2)27(22)37-18-19-7-5-8-24(30)15-19)14-23(17-31)28(33)32-25-11-9-21(10-12-25)29(34)36-3/h4-5,7-16H,1,6,18H2,2-3H3,(H,32,33)/b23-14+. The van der Waals surface area contributed by atoms with E-state index in [0.29, 0.717) is 45.9 Å². The summed E-state index contributed by atoms with van der Waals surface area (Å²) in [6, 6.07) is 17.5. The molecule has 0 aliphatic heterocycles. The van der Waals surface area contributed by atoms with Gasteiger partial charge in [0.1, 0.15) is 24.1 Å². The molecule has 0 aliphatic rings. The van der Waals surface area contributed by atoms with Gasteiger partial charge in [-0.05, 0) is 72.2 Å². The van der Waals surface area contributed by atoms with Crippen molar-refractivity contribution in [3.8, 4) is 17.6 Å². The van der Waals surface area contributed by atoms with Crippen LogP contribution in [0.1, 0.15) is 27.0 Å². The van der Waals surface area contributed by atoms with Gasteiger partial charge in [0.25, 0.3) is 5.91 Å². The number of nitrogens with zero attached hydrogens (tertiary/aromatic N) is 1. The first kappa shape index (κ1) is 26.7. The molecule has 8 heteroatoms. The molecule has 3 rings (SSSR count). The number of allylic oxidation sites excluding steroid dienone is 1. The fourth-order valence-electron chi connectivity index (χ4n) is 3.49. The van der Waals surface area contributed by atoms with Crippen LogP contribution in [0.3, 0.4) is 0 Å². The molecule has 0 atom stereocenters. The van der Waals surface area contributed by atoms with Crippen LogP contribution in [-0.4, -0.2) is 26.1 Å². The first-order chi connectivity index (χ1) is 17.9. The highest BCUT2D eigenvalue weighted by atomic mass is 19.1. The molecule has 0 radical (unpaired) electrons. The van der Waals surface area contributed by atoms with Crippen molar-refractivity contribution in [2.24, 2.45) is 0 Å². The molecule has 1 amide bonds. The minimum absolute atomic E-state index is 0.119. The molecule has 0 aliphatic carbocycles. The summed E-state index contributed by atoms with van der Waals surface area (Å²) in [6.45, 7) is 3.90. The van der Waals surface area contributed by atoms with Gasteiger partial charge in [-0.2, -0.15) is 5.26 Å². The number of nitriles is 1. The first-order valence-corrected chi connectivity index (χ1v) is 11.2. The van der Waals surface area contributed by atoms with E-state index < -0.39 is 11.9 Å². The maximum atomic E-state index is 13.5. The van der Waals surface area contributed by atoms with Gasteiger partial charge in [-0.25, -0.2) is 9.18 Å². The number of hydrogen-bond donors (Lipinski definition) is 1. The van der Waals surface area contributed by atoms with Crippen LogP contribution < -0.4 is 14.8 Å². The summed E-state index contributed by atoms with van der Waals surface area (Å²) in [7, 11) is 2.76. The Bertz CT molecular complexity index is 1370. The molecule has 7 nitrogen and oxygen atoms in total. The van der Waals surface area contributed by atoms with Crippen LogP contribution >= 0.6 is 0 Å². The van der Waals surface area contributed by atoms with E-state index in [4.69, 9.17) is 9.47 Å². The molecule has 0 saturated carbocycles. The Hall–Kier alpha value is -4.90. The van der Waals surface area contributed by atoms with E-state index in [1.807, 2.05) is 6.07 Å². The van der Waals surface area contributed by atoms with E-state index in [-0.39, 0.29) is 18.0 Å². The Morgan fingerprint density at radius 3 is 2.49 bits per heavy atom. The molecule has 0 heterocycles. The van der Waals surface area contributed by atoms with Gasteiger partial charge in [0, 0.05) is 11.3 Å². The second-order valence-electron chi connectivity index (χ2n) is 7.82. The fourth-order valence-corrected chi connectivity index (χ4v) is 3.49. The number of hydrogen-bond acceptors (Lipinski definition) is 6. The van der Waals surface area contributed by atoms with Crippen LogP contribution in [0.5, 0.6) is 11.5 Å². The highest BCUT2D eigenvalue weighted by molar-refractivity contribution is 6.09. The monoisotopic (exact) mass is 500 g/mol. The van der Waals surface area contributed by atoms with Crippen molar-refractivity contribution < 1.29 is 28.2 Å². The van der Waals surface area contributed by atoms with Gasteiger partial charge in [0.05, 0.1) is 19.8 Å². The summed E-state index contributed by atoms with van der Waals surface area (Å²) in [5, 5.41) is 12.3. The van der Waals surface area contributed by atoms with Gasteiger partial charge in [-0.1, -0.05) is 18.2 Å². The van der Waals surface area contributed by atoms with E-state index in [1.165, 1.54) is 56.7 Å². The lowest BCUT2D eigenvalue weighted by atomic mass is 10.0. The van der Waals surface area contributed by atoms with Crippen molar-refractivity contribution in [1.82, 2.24) is 0 Å². The molecule has 37 heavy (non-hydrogen) atoms. The Morgan fingerprint density at radius 1 is 1.11 bits per heavy atom. The summed E-state index contributed by atoms with van der Waals surface area (Å²) < 4.78 is 29.7. The average Bonchev–Trinajstić information content (AvgIpc) is 2.90. The second kappa shape index (κ2) is 12.7. The Kier molecular flexibility index (Phi) is 9.17. The van der Waals surface area contributed by atoms with Gasteiger partial charge >= 0.3 is 5.97 Å². The van der Waals surface area contributed by atoms with Gasteiger partial charge in [0.2, 0.25) is 0 Å². The molecule has 0 saturated heterocycles.